The second-order valence-electron chi connectivity index (χ2n) is 8.05. The van der Waals surface area contributed by atoms with Crippen LogP contribution in [0, 0.1) is 6.92 Å². The molecule has 34 heavy (non-hydrogen) atoms. The first-order chi connectivity index (χ1) is 16.4. The van der Waals surface area contributed by atoms with Crippen LogP contribution in [0.1, 0.15) is 47.3 Å². The highest BCUT2D eigenvalue weighted by molar-refractivity contribution is 8.00. The molecule has 6 heteroatoms. The molecule has 0 bridgehead atoms. The first-order valence-corrected chi connectivity index (χ1v) is 12.3. The van der Waals surface area contributed by atoms with Gasteiger partial charge in [-0.1, -0.05) is 43.3 Å². The van der Waals surface area contributed by atoms with Gasteiger partial charge in [-0.05, 0) is 61.7 Å². The topological polar surface area (TPSA) is 72.8 Å². The number of hydrogen-bond donors (Lipinski definition) is 1. The first-order valence-electron chi connectivity index (χ1n) is 11.3. The van der Waals surface area contributed by atoms with Crippen molar-refractivity contribution in [3.8, 4) is 11.5 Å². The molecule has 0 aliphatic carbocycles. The van der Waals surface area contributed by atoms with Gasteiger partial charge in [-0.15, -0.1) is 11.8 Å². The molecule has 1 N–H and O–H groups in total. The van der Waals surface area contributed by atoms with Crippen molar-refractivity contribution in [3.05, 3.63) is 89.0 Å². The molecule has 0 spiro atoms. The zero-order valence-corrected chi connectivity index (χ0v) is 20.6. The van der Waals surface area contributed by atoms with E-state index in [0.29, 0.717) is 29.9 Å². The number of carbonyl (C=O) groups is 2. The molecule has 3 aromatic carbocycles. The Bertz CT molecular complexity index is 1130. The number of ketones is 1. The van der Waals surface area contributed by atoms with Crippen molar-refractivity contribution in [2.75, 3.05) is 12.4 Å². The van der Waals surface area contributed by atoms with E-state index in [9.17, 15) is 9.59 Å². The number of ether oxygens (including phenoxy) is 2. The largest absolute Gasteiger partial charge is 0.493 e. The van der Waals surface area contributed by atoms with Gasteiger partial charge in [-0.3, -0.25) is 9.59 Å². The summed E-state index contributed by atoms with van der Waals surface area (Å²) in [6, 6.07) is 20.7. The number of thioether (sulfide) groups is 1. The number of carbonyl (C=O) groups excluding carboxylic acids is 1. The molecule has 3 rings (SSSR count). The molecule has 1 atom stereocenters. The van der Waals surface area contributed by atoms with E-state index in [1.807, 2.05) is 80.6 Å². The smallest absolute Gasteiger partial charge is 0.313 e. The van der Waals surface area contributed by atoms with Gasteiger partial charge in [0, 0.05) is 16.9 Å². The Morgan fingerprint density at radius 2 is 1.79 bits per heavy atom. The first kappa shape index (κ1) is 25.4. The quantitative estimate of drug-likeness (QED) is 0.247. The van der Waals surface area contributed by atoms with E-state index in [4.69, 9.17) is 14.6 Å². The maximum absolute atomic E-state index is 13.1. The van der Waals surface area contributed by atoms with Crippen molar-refractivity contribution >= 4 is 23.5 Å². The standard InChI is InChI=1S/C28H30O5S/c1-4-21-10-12-25(24(17-21)28(31)22-8-6-5-7-9-22)33-20(3)14-15-32-23-11-13-26(19(2)16-23)34-18-27(29)30/h5-13,16-17,20H,4,14-15,18H2,1-3H3,(H,29,30). The van der Waals surface area contributed by atoms with Gasteiger partial charge in [0.25, 0.3) is 0 Å². The molecule has 3 aromatic rings. The Morgan fingerprint density at radius 1 is 1.03 bits per heavy atom. The third kappa shape index (κ3) is 7.12. The Balaban J connectivity index is 1.61. The summed E-state index contributed by atoms with van der Waals surface area (Å²) < 4.78 is 12.0. The van der Waals surface area contributed by atoms with E-state index >= 15 is 0 Å². The van der Waals surface area contributed by atoms with E-state index in [1.54, 1.807) is 0 Å². The van der Waals surface area contributed by atoms with E-state index in [1.165, 1.54) is 11.8 Å². The van der Waals surface area contributed by atoms with E-state index in [0.717, 1.165) is 28.2 Å². The fraction of sp³-hybridized carbons (Fsp3) is 0.286. The Hall–Kier alpha value is -3.25. The zero-order valence-electron chi connectivity index (χ0n) is 19.7. The van der Waals surface area contributed by atoms with Crippen molar-refractivity contribution in [3.63, 3.8) is 0 Å². The molecule has 178 valence electrons. The number of rotatable bonds is 12. The summed E-state index contributed by atoms with van der Waals surface area (Å²) in [7, 11) is 0. The second kappa shape index (κ2) is 12.3. The zero-order chi connectivity index (χ0) is 24.5. The summed E-state index contributed by atoms with van der Waals surface area (Å²) >= 11 is 1.30. The summed E-state index contributed by atoms with van der Waals surface area (Å²) in [5.41, 5.74) is 3.27. The fourth-order valence-electron chi connectivity index (χ4n) is 3.45. The van der Waals surface area contributed by atoms with E-state index in [2.05, 4.69) is 6.92 Å². The van der Waals surface area contributed by atoms with Gasteiger partial charge in [-0.25, -0.2) is 0 Å². The molecule has 0 radical (unpaired) electrons. The lowest BCUT2D eigenvalue weighted by Crippen LogP contribution is -2.18. The highest BCUT2D eigenvalue weighted by Gasteiger charge is 2.17. The third-order valence-electron chi connectivity index (χ3n) is 5.35. The van der Waals surface area contributed by atoms with Crippen LogP contribution >= 0.6 is 11.8 Å². The minimum Gasteiger partial charge on any atom is -0.493 e. The Labute approximate surface area is 205 Å². The molecule has 1 unspecified atom stereocenters. The molecular formula is C28H30O5S. The van der Waals surface area contributed by atoms with Crippen LogP contribution in [0.2, 0.25) is 0 Å². The fourth-order valence-corrected chi connectivity index (χ4v) is 4.18. The lowest BCUT2D eigenvalue weighted by Gasteiger charge is -2.18. The van der Waals surface area contributed by atoms with Gasteiger partial charge in [0.15, 0.2) is 5.78 Å². The van der Waals surface area contributed by atoms with Crippen molar-refractivity contribution in [2.24, 2.45) is 0 Å². The maximum Gasteiger partial charge on any atom is 0.313 e. The molecular weight excluding hydrogens is 448 g/mol. The van der Waals surface area contributed by atoms with Crippen LogP contribution in [0.3, 0.4) is 0 Å². The normalized spacial score (nSPS) is 11.6. The van der Waals surface area contributed by atoms with Crippen LogP contribution in [0.15, 0.2) is 71.6 Å². The van der Waals surface area contributed by atoms with Crippen LogP contribution in [-0.2, 0) is 11.2 Å². The van der Waals surface area contributed by atoms with Crippen molar-refractivity contribution in [1.29, 1.82) is 0 Å². The molecule has 0 fully saturated rings. The number of aliphatic carboxylic acids is 1. The summed E-state index contributed by atoms with van der Waals surface area (Å²) in [6.45, 7) is 6.42. The Kier molecular flexibility index (Phi) is 9.16. The van der Waals surface area contributed by atoms with Gasteiger partial charge in [0.2, 0.25) is 0 Å². The van der Waals surface area contributed by atoms with Crippen LogP contribution in [0.5, 0.6) is 11.5 Å². The molecule has 0 saturated carbocycles. The number of carboxylic acids is 1. The third-order valence-corrected chi connectivity index (χ3v) is 6.51. The summed E-state index contributed by atoms with van der Waals surface area (Å²) in [5.74, 6) is 0.456. The van der Waals surface area contributed by atoms with Crippen LogP contribution < -0.4 is 9.47 Å². The van der Waals surface area contributed by atoms with Crippen molar-refractivity contribution in [1.82, 2.24) is 0 Å². The van der Waals surface area contributed by atoms with Gasteiger partial charge in [-0.2, -0.15) is 0 Å². The Morgan fingerprint density at radius 3 is 2.47 bits per heavy atom. The maximum atomic E-state index is 13.1. The molecule has 0 saturated heterocycles. The summed E-state index contributed by atoms with van der Waals surface area (Å²) in [4.78, 5) is 24.8. The number of benzene rings is 3. The predicted molar refractivity (Wildman–Crippen MR) is 135 cm³/mol. The lowest BCUT2D eigenvalue weighted by molar-refractivity contribution is -0.133. The van der Waals surface area contributed by atoms with Gasteiger partial charge in [0.1, 0.15) is 11.5 Å². The highest BCUT2D eigenvalue weighted by Crippen LogP contribution is 2.27. The highest BCUT2D eigenvalue weighted by atomic mass is 32.2. The van der Waals surface area contributed by atoms with Crippen LogP contribution in [-0.4, -0.2) is 35.3 Å². The molecule has 5 nitrogen and oxygen atoms in total. The SMILES string of the molecule is CCc1ccc(OC(C)CCOc2ccc(SCC(=O)O)c(C)c2)c(C(=O)c2ccccc2)c1. The van der Waals surface area contributed by atoms with E-state index in [-0.39, 0.29) is 17.6 Å². The van der Waals surface area contributed by atoms with Gasteiger partial charge in [0.05, 0.1) is 24.0 Å². The predicted octanol–water partition coefficient (Wildman–Crippen LogP) is 6.20. The van der Waals surface area contributed by atoms with Gasteiger partial charge >= 0.3 is 5.97 Å². The van der Waals surface area contributed by atoms with Crippen LogP contribution in [0.4, 0.5) is 0 Å². The molecule has 0 aliphatic heterocycles. The minimum atomic E-state index is -0.836. The summed E-state index contributed by atoms with van der Waals surface area (Å²) in [6.07, 6.45) is 1.33. The second-order valence-corrected chi connectivity index (χ2v) is 9.07. The molecule has 0 aromatic heterocycles. The van der Waals surface area contributed by atoms with Crippen LogP contribution in [0.25, 0.3) is 0 Å². The number of carboxylic acid groups (broad SMARTS) is 1. The average molecular weight is 479 g/mol. The van der Waals surface area contributed by atoms with Crippen molar-refractivity contribution in [2.45, 2.75) is 44.6 Å². The number of aryl methyl sites for hydroxylation is 2. The molecule has 0 amide bonds. The molecule has 0 heterocycles. The monoisotopic (exact) mass is 478 g/mol. The minimum absolute atomic E-state index is 0.0316. The lowest BCUT2D eigenvalue weighted by atomic mass is 9.99. The molecule has 0 aliphatic rings. The van der Waals surface area contributed by atoms with Gasteiger partial charge < -0.3 is 14.6 Å². The van der Waals surface area contributed by atoms with E-state index < -0.39 is 5.97 Å². The van der Waals surface area contributed by atoms with Crippen molar-refractivity contribution < 1.29 is 24.2 Å². The number of hydrogen-bond acceptors (Lipinski definition) is 5. The average Bonchev–Trinajstić information content (AvgIpc) is 2.83. The summed E-state index contributed by atoms with van der Waals surface area (Å²) in [5, 5.41) is 8.85.